The second kappa shape index (κ2) is 11.7. The SMILES string of the molecule is CC(C)(C)c1cc(SCC(C)(C(=O)O)C(CO)OCCOCCO)c(O)c(C(C)(C)C)c1. The predicted molar refractivity (Wildman–Crippen MR) is 127 cm³/mol. The van der Waals surface area contributed by atoms with Gasteiger partial charge in [0.05, 0.1) is 39.1 Å². The standard InChI is InChI=1S/C24H40O7S/c1-22(2,3)16-12-17(23(4,5)6)20(27)18(13-16)32-15-24(7,21(28)29)19(14-26)31-11-10-30-9-8-25/h12-13,19,25-27H,8-11,14-15H2,1-7H3,(H,28,29). The molecule has 0 bridgehead atoms. The van der Waals surface area contributed by atoms with E-state index in [1.54, 1.807) is 0 Å². The summed E-state index contributed by atoms with van der Waals surface area (Å²) in [5, 5.41) is 39.5. The number of aliphatic carboxylic acids is 1. The Morgan fingerprint density at radius 2 is 1.62 bits per heavy atom. The van der Waals surface area contributed by atoms with Gasteiger partial charge in [-0.15, -0.1) is 11.8 Å². The van der Waals surface area contributed by atoms with Crippen molar-refractivity contribution in [2.75, 3.05) is 38.8 Å². The molecule has 4 N–H and O–H groups in total. The summed E-state index contributed by atoms with van der Waals surface area (Å²) in [6, 6.07) is 3.93. The molecular weight excluding hydrogens is 432 g/mol. The summed E-state index contributed by atoms with van der Waals surface area (Å²) in [7, 11) is 0. The lowest BCUT2D eigenvalue weighted by atomic mass is 9.80. The number of benzene rings is 1. The minimum absolute atomic E-state index is 0.0931. The van der Waals surface area contributed by atoms with Crippen molar-refractivity contribution in [3.8, 4) is 5.75 Å². The zero-order chi connectivity index (χ0) is 24.7. The predicted octanol–water partition coefficient (Wildman–Crippen LogP) is 3.56. The number of thioether (sulfide) groups is 1. The normalized spacial score (nSPS) is 15.4. The van der Waals surface area contributed by atoms with Gasteiger partial charge in [-0.25, -0.2) is 0 Å². The minimum atomic E-state index is -1.40. The van der Waals surface area contributed by atoms with Crippen molar-refractivity contribution in [1.82, 2.24) is 0 Å². The fourth-order valence-electron chi connectivity index (χ4n) is 3.10. The van der Waals surface area contributed by atoms with E-state index in [1.807, 2.05) is 32.9 Å². The molecule has 1 aromatic carbocycles. The van der Waals surface area contributed by atoms with Crippen molar-refractivity contribution in [2.24, 2.45) is 5.41 Å². The summed E-state index contributed by atoms with van der Waals surface area (Å²) >= 11 is 1.25. The van der Waals surface area contributed by atoms with Gasteiger partial charge in [0.25, 0.3) is 0 Å². The van der Waals surface area contributed by atoms with Crippen molar-refractivity contribution < 1.29 is 34.7 Å². The Balaban J connectivity index is 3.18. The molecule has 0 fully saturated rings. The maximum absolute atomic E-state index is 12.2. The molecule has 0 amide bonds. The van der Waals surface area contributed by atoms with Crippen LogP contribution in [0.4, 0.5) is 0 Å². The second-order valence-electron chi connectivity index (χ2n) is 10.3. The number of ether oxygens (including phenoxy) is 2. The van der Waals surface area contributed by atoms with Gasteiger partial charge >= 0.3 is 5.97 Å². The summed E-state index contributed by atoms with van der Waals surface area (Å²) in [6.07, 6.45) is -0.958. The van der Waals surface area contributed by atoms with Gasteiger partial charge in [0.15, 0.2) is 0 Å². The van der Waals surface area contributed by atoms with Gasteiger partial charge in [-0.05, 0) is 29.4 Å². The number of rotatable bonds is 12. The van der Waals surface area contributed by atoms with Crippen molar-refractivity contribution in [3.63, 3.8) is 0 Å². The molecule has 0 saturated carbocycles. The van der Waals surface area contributed by atoms with Crippen LogP contribution in [0.25, 0.3) is 0 Å². The third kappa shape index (κ3) is 7.63. The molecule has 32 heavy (non-hydrogen) atoms. The number of aliphatic hydroxyl groups excluding tert-OH is 2. The lowest BCUT2D eigenvalue weighted by molar-refractivity contribution is -0.159. The topological polar surface area (TPSA) is 116 Å². The molecule has 184 valence electrons. The summed E-state index contributed by atoms with van der Waals surface area (Å²) in [5.74, 6) is -0.847. The van der Waals surface area contributed by atoms with Crippen LogP contribution in [-0.2, 0) is 25.1 Å². The van der Waals surface area contributed by atoms with Crippen LogP contribution in [0.15, 0.2) is 17.0 Å². The number of aliphatic hydroxyl groups is 2. The Labute approximate surface area is 196 Å². The van der Waals surface area contributed by atoms with Crippen molar-refractivity contribution in [2.45, 2.75) is 70.3 Å². The summed E-state index contributed by atoms with van der Waals surface area (Å²) in [6.45, 7) is 13.8. The number of phenolic OH excluding ortho intramolecular Hbond substituents is 1. The molecule has 0 heterocycles. The van der Waals surface area contributed by atoms with Gasteiger partial charge in [-0.3, -0.25) is 4.79 Å². The zero-order valence-electron chi connectivity index (χ0n) is 20.4. The van der Waals surface area contributed by atoms with Crippen LogP contribution in [0.2, 0.25) is 0 Å². The van der Waals surface area contributed by atoms with E-state index in [0.717, 1.165) is 11.1 Å². The first-order chi connectivity index (χ1) is 14.7. The number of aromatic hydroxyl groups is 1. The van der Waals surface area contributed by atoms with E-state index in [-0.39, 0.29) is 48.8 Å². The van der Waals surface area contributed by atoms with Crippen molar-refractivity contribution in [3.05, 3.63) is 23.3 Å². The largest absolute Gasteiger partial charge is 0.506 e. The van der Waals surface area contributed by atoms with E-state index in [2.05, 4.69) is 20.8 Å². The molecule has 7 nitrogen and oxygen atoms in total. The first-order valence-electron chi connectivity index (χ1n) is 10.8. The molecule has 0 aromatic heterocycles. The molecule has 0 spiro atoms. The quantitative estimate of drug-likeness (QED) is 0.270. The minimum Gasteiger partial charge on any atom is -0.506 e. The van der Waals surface area contributed by atoms with E-state index in [0.29, 0.717) is 4.90 Å². The summed E-state index contributed by atoms with van der Waals surface area (Å²) in [5.41, 5.74) is 0.0192. The number of carboxylic acid groups (broad SMARTS) is 1. The number of carboxylic acids is 1. The van der Waals surface area contributed by atoms with Crippen LogP contribution in [-0.4, -0.2) is 71.3 Å². The first kappa shape index (κ1) is 28.7. The second-order valence-corrected chi connectivity index (χ2v) is 11.3. The smallest absolute Gasteiger partial charge is 0.312 e. The summed E-state index contributed by atoms with van der Waals surface area (Å²) in [4.78, 5) is 12.8. The van der Waals surface area contributed by atoms with Gasteiger partial charge in [0.2, 0.25) is 0 Å². The monoisotopic (exact) mass is 472 g/mol. The number of carbonyl (C=O) groups is 1. The fourth-order valence-corrected chi connectivity index (χ4v) is 4.32. The van der Waals surface area contributed by atoms with Crippen LogP contribution in [0, 0.1) is 5.41 Å². The molecule has 8 heteroatoms. The molecule has 0 aliphatic heterocycles. The molecule has 0 aliphatic rings. The number of phenols is 1. The fraction of sp³-hybridized carbons (Fsp3) is 0.708. The average molecular weight is 473 g/mol. The van der Waals surface area contributed by atoms with Crippen molar-refractivity contribution >= 4 is 17.7 Å². The van der Waals surface area contributed by atoms with E-state index in [1.165, 1.54) is 18.7 Å². The summed E-state index contributed by atoms with van der Waals surface area (Å²) < 4.78 is 10.8. The molecule has 1 rings (SSSR count). The Morgan fingerprint density at radius 1 is 1.00 bits per heavy atom. The van der Waals surface area contributed by atoms with Gasteiger partial charge in [0, 0.05) is 16.2 Å². The van der Waals surface area contributed by atoms with Gasteiger partial charge < -0.3 is 29.9 Å². The molecule has 0 radical (unpaired) electrons. The van der Waals surface area contributed by atoms with E-state index in [4.69, 9.17) is 14.6 Å². The maximum Gasteiger partial charge on any atom is 0.312 e. The molecule has 1 aromatic rings. The van der Waals surface area contributed by atoms with Gasteiger partial charge in [-0.1, -0.05) is 47.6 Å². The Kier molecular flexibility index (Phi) is 10.5. The van der Waals surface area contributed by atoms with Gasteiger partial charge in [0.1, 0.15) is 11.2 Å². The van der Waals surface area contributed by atoms with Crippen molar-refractivity contribution in [1.29, 1.82) is 0 Å². The van der Waals surface area contributed by atoms with E-state index in [9.17, 15) is 20.1 Å². The Morgan fingerprint density at radius 3 is 2.09 bits per heavy atom. The van der Waals surface area contributed by atoms with Crippen LogP contribution in [0.3, 0.4) is 0 Å². The molecule has 2 unspecified atom stereocenters. The highest BCUT2D eigenvalue weighted by Crippen LogP contribution is 2.43. The van der Waals surface area contributed by atoms with Crippen LogP contribution < -0.4 is 0 Å². The highest BCUT2D eigenvalue weighted by atomic mass is 32.2. The van der Waals surface area contributed by atoms with Crippen LogP contribution in [0.1, 0.15) is 59.6 Å². The highest BCUT2D eigenvalue weighted by Gasteiger charge is 2.42. The molecular formula is C24H40O7S. The zero-order valence-corrected chi connectivity index (χ0v) is 21.2. The Hall–Kier alpha value is -1.32. The average Bonchev–Trinajstić information content (AvgIpc) is 2.67. The highest BCUT2D eigenvalue weighted by molar-refractivity contribution is 7.99. The lowest BCUT2D eigenvalue weighted by Gasteiger charge is -2.33. The van der Waals surface area contributed by atoms with E-state index >= 15 is 0 Å². The van der Waals surface area contributed by atoms with Crippen LogP contribution >= 0.6 is 11.8 Å². The van der Waals surface area contributed by atoms with E-state index < -0.39 is 24.1 Å². The number of hydrogen-bond donors (Lipinski definition) is 4. The van der Waals surface area contributed by atoms with Gasteiger partial charge in [-0.2, -0.15) is 0 Å². The third-order valence-electron chi connectivity index (χ3n) is 5.42. The molecule has 0 saturated heterocycles. The van der Waals surface area contributed by atoms with Crippen LogP contribution in [0.5, 0.6) is 5.75 Å². The molecule has 2 atom stereocenters. The lowest BCUT2D eigenvalue weighted by Crippen LogP contribution is -2.46. The Bertz CT molecular complexity index is 752. The number of hydrogen-bond acceptors (Lipinski definition) is 7. The molecule has 0 aliphatic carbocycles. The maximum atomic E-state index is 12.2. The first-order valence-corrected chi connectivity index (χ1v) is 11.8. The third-order valence-corrected chi connectivity index (χ3v) is 6.79.